The number of carbonyl (C=O) groups is 2. The summed E-state index contributed by atoms with van der Waals surface area (Å²) in [5.41, 5.74) is 1.14. The topological polar surface area (TPSA) is 52.7 Å². The van der Waals surface area contributed by atoms with E-state index in [1.165, 1.54) is 0 Å². The quantitative estimate of drug-likeness (QED) is 0.926. The third-order valence-corrected chi connectivity index (χ3v) is 4.79. The van der Waals surface area contributed by atoms with Crippen LogP contribution in [-0.2, 0) is 11.3 Å². The van der Waals surface area contributed by atoms with Gasteiger partial charge in [-0.15, -0.1) is 0 Å². The van der Waals surface area contributed by atoms with E-state index in [-0.39, 0.29) is 18.0 Å². The lowest BCUT2D eigenvalue weighted by atomic mass is 9.86. The Bertz CT molecular complexity index is 561. The maximum Gasteiger partial charge on any atom is 0.318 e. The van der Waals surface area contributed by atoms with Crippen molar-refractivity contribution in [2.45, 2.75) is 38.8 Å². The average Bonchev–Trinajstić information content (AvgIpc) is 2.58. The molecule has 23 heavy (non-hydrogen) atoms. The summed E-state index contributed by atoms with van der Waals surface area (Å²) in [6.45, 7) is 4.83. The lowest BCUT2D eigenvalue weighted by molar-refractivity contribution is -0.144. The first-order valence-electron chi connectivity index (χ1n) is 8.56. The molecule has 2 saturated heterocycles. The minimum absolute atomic E-state index is 0.0924. The molecule has 5 nitrogen and oxygen atoms in total. The van der Waals surface area contributed by atoms with Crippen LogP contribution in [0, 0.1) is 5.92 Å². The van der Waals surface area contributed by atoms with Crippen LogP contribution in [0.4, 0.5) is 4.79 Å². The Morgan fingerprint density at radius 1 is 1.30 bits per heavy atom. The fourth-order valence-corrected chi connectivity index (χ4v) is 3.57. The predicted molar refractivity (Wildman–Crippen MR) is 88.8 cm³/mol. The summed E-state index contributed by atoms with van der Waals surface area (Å²) < 4.78 is 0. The van der Waals surface area contributed by atoms with Gasteiger partial charge in [-0.05, 0) is 30.7 Å². The number of piperidine rings is 2. The van der Waals surface area contributed by atoms with Gasteiger partial charge in [0.2, 0.25) is 5.91 Å². The number of hydrogen-bond acceptors (Lipinski definition) is 2. The van der Waals surface area contributed by atoms with E-state index < -0.39 is 0 Å². The number of rotatable bonds is 4. The molecule has 0 radical (unpaired) electrons. The van der Waals surface area contributed by atoms with Crippen LogP contribution in [-0.4, -0.2) is 47.4 Å². The number of nitrogens with zero attached hydrogens (tertiary/aromatic N) is 2. The highest BCUT2D eigenvalue weighted by Crippen LogP contribution is 2.30. The molecule has 3 rings (SSSR count). The lowest BCUT2D eigenvalue weighted by Gasteiger charge is -2.46. The summed E-state index contributed by atoms with van der Waals surface area (Å²) in [5.74, 6) is 0.605. The average molecular weight is 315 g/mol. The van der Waals surface area contributed by atoms with E-state index in [1.54, 1.807) is 4.90 Å². The Morgan fingerprint density at radius 3 is 2.83 bits per heavy atom. The van der Waals surface area contributed by atoms with Crippen molar-refractivity contribution in [3.05, 3.63) is 35.9 Å². The van der Waals surface area contributed by atoms with E-state index in [0.717, 1.165) is 31.4 Å². The molecular weight excluding hydrogens is 290 g/mol. The van der Waals surface area contributed by atoms with Gasteiger partial charge >= 0.3 is 6.03 Å². The van der Waals surface area contributed by atoms with Crippen molar-refractivity contribution in [1.82, 2.24) is 15.1 Å². The summed E-state index contributed by atoms with van der Waals surface area (Å²) in [4.78, 5) is 28.8. The first-order chi connectivity index (χ1) is 11.2. The van der Waals surface area contributed by atoms with Crippen LogP contribution >= 0.6 is 0 Å². The molecule has 2 atom stereocenters. The first-order valence-corrected chi connectivity index (χ1v) is 8.56. The summed E-state index contributed by atoms with van der Waals surface area (Å²) in [5, 5.41) is 2.91. The normalized spacial score (nSPS) is 23.8. The standard InChI is InChI=1S/C18H25N3O2/c1-2-9-19-18(23)21-10-8-15-11-16(21)17(22)20(13-15)12-14-6-4-3-5-7-14/h3-7,15-16H,2,8-13H2,1H3,(H,19,23)/t15-,16+/m0/s1. The van der Waals surface area contributed by atoms with Gasteiger partial charge in [-0.3, -0.25) is 4.79 Å². The molecule has 0 unspecified atom stereocenters. The van der Waals surface area contributed by atoms with Gasteiger partial charge in [0.05, 0.1) is 0 Å². The molecule has 2 aliphatic rings. The van der Waals surface area contributed by atoms with Gasteiger partial charge in [0.25, 0.3) is 0 Å². The Hall–Kier alpha value is -2.04. The smallest absolute Gasteiger partial charge is 0.318 e. The van der Waals surface area contributed by atoms with Gasteiger partial charge in [0, 0.05) is 26.2 Å². The van der Waals surface area contributed by atoms with E-state index in [1.807, 2.05) is 42.2 Å². The van der Waals surface area contributed by atoms with Crippen LogP contribution in [0.3, 0.4) is 0 Å². The zero-order valence-corrected chi connectivity index (χ0v) is 13.7. The van der Waals surface area contributed by atoms with E-state index >= 15 is 0 Å². The Kier molecular flexibility index (Phi) is 4.84. The number of hydrogen-bond donors (Lipinski definition) is 1. The Morgan fingerprint density at radius 2 is 2.09 bits per heavy atom. The van der Waals surface area contributed by atoms with Gasteiger partial charge in [0.15, 0.2) is 0 Å². The van der Waals surface area contributed by atoms with Gasteiger partial charge in [0.1, 0.15) is 6.04 Å². The van der Waals surface area contributed by atoms with Crippen LogP contribution in [0.5, 0.6) is 0 Å². The zero-order chi connectivity index (χ0) is 16.2. The van der Waals surface area contributed by atoms with Crippen LogP contribution in [0.25, 0.3) is 0 Å². The minimum atomic E-state index is -0.289. The van der Waals surface area contributed by atoms with Crippen molar-refractivity contribution >= 4 is 11.9 Å². The molecule has 1 aromatic rings. The van der Waals surface area contributed by atoms with Gasteiger partial charge in [-0.2, -0.15) is 0 Å². The minimum Gasteiger partial charge on any atom is -0.338 e. The maximum absolute atomic E-state index is 12.8. The van der Waals surface area contributed by atoms with Gasteiger partial charge in [-0.25, -0.2) is 4.79 Å². The molecule has 2 bridgehead atoms. The zero-order valence-electron chi connectivity index (χ0n) is 13.7. The first kappa shape index (κ1) is 15.8. The van der Waals surface area contributed by atoms with Crippen molar-refractivity contribution in [2.24, 2.45) is 5.92 Å². The Labute approximate surface area is 137 Å². The molecule has 124 valence electrons. The second-order valence-electron chi connectivity index (χ2n) is 6.54. The monoisotopic (exact) mass is 315 g/mol. The lowest BCUT2D eigenvalue weighted by Crippen LogP contribution is -2.61. The third-order valence-electron chi connectivity index (χ3n) is 4.79. The summed E-state index contributed by atoms with van der Waals surface area (Å²) in [6, 6.07) is 9.68. The largest absolute Gasteiger partial charge is 0.338 e. The molecule has 2 heterocycles. The van der Waals surface area contributed by atoms with Crippen LogP contribution in [0.15, 0.2) is 30.3 Å². The number of fused-ring (bicyclic) bond motifs is 2. The number of carbonyl (C=O) groups excluding carboxylic acids is 2. The number of urea groups is 1. The fourth-order valence-electron chi connectivity index (χ4n) is 3.57. The molecule has 2 fully saturated rings. The van der Waals surface area contributed by atoms with Crippen LogP contribution in [0.2, 0.25) is 0 Å². The Balaban J connectivity index is 1.70. The molecule has 0 saturated carbocycles. The predicted octanol–water partition coefficient (Wildman–Crippen LogP) is 2.23. The molecule has 1 aromatic carbocycles. The number of amides is 3. The second-order valence-corrected chi connectivity index (χ2v) is 6.54. The van der Waals surface area contributed by atoms with Crippen molar-refractivity contribution in [2.75, 3.05) is 19.6 Å². The number of benzene rings is 1. The van der Waals surface area contributed by atoms with Crippen molar-refractivity contribution in [1.29, 1.82) is 0 Å². The highest BCUT2D eigenvalue weighted by Gasteiger charge is 2.42. The number of likely N-dealkylation sites (tertiary alicyclic amines) is 2. The third kappa shape index (κ3) is 3.49. The highest BCUT2D eigenvalue weighted by molar-refractivity contribution is 5.88. The SMILES string of the molecule is CCCNC(=O)N1CC[C@H]2C[C@@H]1C(=O)N(Cc1ccccc1)C2. The summed E-state index contributed by atoms with van der Waals surface area (Å²) >= 11 is 0. The number of nitrogens with one attached hydrogen (secondary N) is 1. The summed E-state index contributed by atoms with van der Waals surface area (Å²) in [6.07, 6.45) is 2.69. The van der Waals surface area contributed by atoms with Crippen molar-refractivity contribution in [3.8, 4) is 0 Å². The fraction of sp³-hybridized carbons (Fsp3) is 0.556. The molecular formula is C18H25N3O2. The van der Waals surface area contributed by atoms with Crippen LogP contribution in [0.1, 0.15) is 31.7 Å². The van der Waals surface area contributed by atoms with Gasteiger partial charge < -0.3 is 15.1 Å². The molecule has 3 amide bonds. The molecule has 5 heteroatoms. The maximum atomic E-state index is 12.8. The molecule has 0 spiro atoms. The van der Waals surface area contributed by atoms with Crippen molar-refractivity contribution in [3.63, 3.8) is 0 Å². The molecule has 0 aromatic heterocycles. The van der Waals surface area contributed by atoms with E-state index in [4.69, 9.17) is 0 Å². The van der Waals surface area contributed by atoms with E-state index in [2.05, 4.69) is 5.32 Å². The van der Waals surface area contributed by atoms with E-state index in [9.17, 15) is 9.59 Å². The van der Waals surface area contributed by atoms with E-state index in [0.29, 0.717) is 25.6 Å². The molecule has 1 N–H and O–H groups in total. The molecule has 0 aliphatic carbocycles. The summed E-state index contributed by atoms with van der Waals surface area (Å²) in [7, 11) is 0. The highest BCUT2D eigenvalue weighted by atomic mass is 16.2. The second kappa shape index (κ2) is 7.02. The van der Waals surface area contributed by atoms with Crippen LogP contribution < -0.4 is 5.32 Å². The van der Waals surface area contributed by atoms with Crippen molar-refractivity contribution < 1.29 is 9.59 Å². The molecule has 2 aliphatic heterocycles. The van der Waals surface area contributed by atoms with Gasteiger partial charge in [-0.1, -0.05) is 37.3 Å².